The topological polar surface area (TPSA) is 49.3 Å². The van der Waals surface area contributed by atoms with Gasteiger partial charge in [-0.25, -0.2) is 4.39 Å². The van der Waals surface area contributed by atoms with Crippen LogP contribution in [0.5, 0.6) is 0 Å². The van der Waals surface area contributed by atoms with Gasteiger partial charge >= 0.3 is 0 Å². The SMILES string of the molecule is O=C(c1c(F)cccc1Cl)N1CCN(c2ccc(C3CC3)nn2)CC1. The summed E-state index contributed by atoms with van der Waals surface area (Å²) in [5.74, 6) is 0.460. The molecule has 0 N–H and O–H groups in total. The van der Waals surface area contributed by atoms with Crippen LogP contribution in [0.1, 0.15) is 34.8 Å². The number of hydrogen-bond donors (Lipinski definition) is 0. The van der Waals surface area contributed by atoms with Gasteiger partial charge in [0.15, 0.2) is 5.82 Å². The van der Waals surface area contributed by atoms with Gasteiger partial charge in [-0.2, -0.15) is 5.10 Å². The molecule has 2 aliphatic rings. The zero-order valence-electron chi connectivity index (χ0n) is 13.7. The molecular formula is C18H18ClFN4O. The Labute approximate surface area is 150 Å². The maximum Gasteiger partial charge on any atom is 0.258 e. The zero-order valence-corrected chi connectivity index (χ0v) is 14.4. The maximum absolute atomic E-state index is 13.9. The van der Waals surface area contributed by atoms with E-state index in [2.05, 4.69) is 15.1 Å². The third-order valence-electron chi connectivity index (χ3n) is 4.73. The van der Waals surface area contributed by atoms with Gasteiger partial charge in [-0.1, -0.05) is 17.7 Å². The lowest BCUT2D eigenvalue weighted by Gasteiger charge is -2.35. The van der Waals surface area contributed by atoms with Crippen LogP contribution in [0.15, 0.2) is 30.3 Å². The average molecular weight is 361 g/mol. The summed E-state index contributed by atoms with van der Waals surface area (Å²) in [5.41, 5.74) is 1.01. The number of halogens is 2. The van der Waals surface area contributed by atoms with E-state index in [1.165, 1.54) is 31.0 Å². The van der Waals surface area contributed by atoms with Gasteiger partial charge in [0.25, 0.3) is 5.91 Å². The van der Waals surface area contributed by atoms with Crippen molar-refractivity contribution < 1.29 is 9.18 Å². The van der Waals surface area contributed by atoms with E-state index in [4.69, 9.17) is 11.6 Å². The molecule has 1 aromatic heterocycles. The molecule has 0 spiro atoms. The standard InChI is InChI=1S/C18H18ClFN4O/c19-13-2-1-3-14(20)17(13)18(25)24-10-8-23(9-11-24)16-7-6-15(21-22-16)12-4-5-12/h1-3,6-7,12H,4-5,8-11H2. The highest BCUT2D eigenvalue weighted by atomic mass is 35.5. The number of anilines is 1. The Morgan fingerprint density at radius 2 is 1.84 bits per heavy atom. The Bertz CT molecular complexity index is 766. The van der Waals surface area contributed by atoms with Gasteiger partial charge in [0.1, 0.15) is 5.82 Å². The quantitative estimate of drug-likeness (QED) is 0.844. The van der Waals surface area contributed by atoms with E-state index < -0.39 is 5.82 Å². The summed E-state index contributed by atoms with van der Waals surface area (Å²) in [7, 11) is 0. The number of aromatic nitrogens is 2. The van der Waals surface area contributed by atoms with E-state index in [1.807, 2.05) is 12.1 Å². The van der Waals surface area contributed by atoms with E-state index in [9.17, 15) is 9.18 Å². The first-order chi connectivity index (χ1) is 12.1. The number of hydrogen-bond acceptors (Lipinski definition) is 4. The molecule has 0 atom stereocenters. The van der Waals surface area contributed by atoms with Crippen molar-refractivity contribution in [3.63, 3.8) is 0 Å². The fraction of sp³-hybridized carbons (Fsp3) is 0.389. The van der Waals surface area contributed by atoms with Crippen molar-refractivity contribution in [3.05, 3.63) is 52.4 Å². The first kappa shape index (κ1) is 16.3. The summed E-state index contributed by atoms with van der Waals surface area (Å²) in [6.07, 6.45) is 2.40. The minimum absolute atomic E-state index is 0.0498. The Balaban J connectivity index is 1.41. The molecule has 0 radical (unpaired) electrons. The fourth-order valence-corrected chi connectivity index (χ4v) is 3.34. The average Bonchev–Trinajstić information content (AvgIpc) is 3.47. The van der Waals surface area contributed by atoms with Gasteiger partial charge in [0, 0.05) is 32.1 Å². The van der Waals surface area contributed by atoms with Gasteiger partial charge in [0.2, 0.25) is 0 Å². The van der Waals surface area contributed by atoms with Crippen LogP contribution in [-0.4, -0.2) is 47.2 Å². The fourth-order valence-electron chi connectivity index (χ4n) is 3.10. The zero-order chi connectivity index (χ0) is 17.4. The van der Waals surface area contributed by atoms with Crippen molar-refractivity contribution in [1.29, 1.82) is 0 Å². The van der Waals surface area contributed by atoms with Gasteiger partial charge in [-0.15, -0.1) is 5.10 Å². The molecule has 1 saturated carbocycles. The number of amides is 1. The van der Waals surface area contributed by atoms with Crippen molar-refractivity contribution in [2.24, 2.45) is 0 Å². The minimum atomic E-state index is -0.582. The first-order valence-electron chi connectivity index (χ1n) is 8.45. The van der Waals surface area contributed by atoms with Crippen LogP contribution < -0.4 is 4.90 Å². The molecule has 2 fully saturated rings. The third-order valence-corrected chi connectivity index (χ3v) is 5.05. The molecule has 4 rings (SSSR count). The first-order valence-corrected chi connectivity index (χ1v) is 8.83. The summed E-state index contributed by atoms with van der Waals surface area (Å²) in [4.78, 5) is 16.3. The van der Waals surface area contributed by atoms with Crippen LogP contribution in [0.25, 0.3) is 0 Å². The lowest BCUT2D eigenvalue weighted by molar-refractivity contribution is 0.0742. The smallest absolute Gasteiger partial charge is 0.258 e. The van der Waals surface area contributed by atoms with E-state index in [0.29, 0.717) is 32.1 Å². The van der Waals surface area contributed by atoms with Crippen LogP contribution >= 0.6 is 11.6 Å². The molecule has 25 heavy (non-hydrogen) atoms. The molecule has 2 heterocycles. The number of piperazine rings is 1. The Kier molecular flexibility index (Phi) is 4.29. The summed E-state index contributed by atoms with van der Waals surface area (Å²) < 4.78 is 13.9. The molecule has 0 unspecified atom stereocenters. The van der Waals surface area contributed by atoms with Crippen LogP contribution in [0.3, 0.4) is 0 Å². The third kappa shape index (κ3) is 3.31. The van der Waals surface area contributed by atoms with E-state index >= 15 is 0 Å². The summed E-state index contributed by atoms with van der Waals surface area (Å²) in [6.45, 7) is 2.26. The predicted molar refractivity (Wildman–Crippen MR) is 93.5 cm³/mol. The number of carbonyl (C=O) groups is 1. The van der Waals surface area contributed by atoms with Crippen molar-refractivity contribution in [3.8, 4) is 0 Å². The van der Waals surface area contributed by atoms with Gasteiger partial charge in [0.05, 0.1) is 16.3 Å². The maximum atomic E-state index is 13.9. The van der Waals surface area contributed by atoms with Crippen LogP contribution in [0, 0.1) is 5.82 Å². The predicted octanol–water partition coefficient (Wildman–Crippen LogP) is 3.11. The molecule has 1 aliphatic heterocycles. The van der Waals surface area contributed by atoms with Crippen molar-refractivity contribution >= 4 is 23.3 Å². The highest BCUT2D eigenvalue weighted by Gasteiger charge is 2.28. The highest BCUT2D eigenvalue weighted by molar-refractivity contribution is 6.33. The van der Waals surface area contributed by atoms with Crippen LogP contribution in [-0.2, 0) is 0 Å². The molecule has 1 saturated heterocycles. The van der Waals surface area contributed by atoms with Crippen molar-refractivity contribution in [1.82, 2.24) is 15.1 Å². The molecule has 130 valence electrons. The largest absolute Gasteiger partial charge is 0.352 e. The Hall–Kier alpha value is -2.21. The molecule has 7 heteroatoms. The number of rotatable bonds is 3. The second-order valence-corrected chi connectivity index (χ2v) is 6.87. The van der Waals surface area contributed by atoms with E-state index in [-0.39, 0.29) is 16.5 Å². The lowest BCUT2D eigenvalue weighted by atomic mass is 10.1. The Morgan fingerprint density at radius 3 is 2.44 bits per heavy atom. The number of carbonyl (C=O) groups excluding carboxylic acids is 1. The van der Waals surface area contributed by atoms with Crippen molar-refractivity contribution in [2.45, 2.75) is 18.8 Å². The number of nitrogens with zero attached hydrogens (tertiary/aromatic N) is 4. The molecule has 1 amide bonds. The van der Waals surface area contributed by atoms with E-state index in [0.717, 1.165) is 11.5 Å². The van der Waals surface area contributed by atoms with Crippen molar-refractivity contribution in [2.75, 3.05) is 31.1 Å². The van der Waals surface area contributed by atoms with Gasteiger partial charge in [-0.05, 0) is 37.1 Å². The molecule has 1 aromatic carbocycles. The normalized spacial score (nSPS) is 17.7. The minimum Gasteiger partial charge on any atom is -0.352 e. The summed E-state index contributed by atoms with van der Waals surface area (Å²) >= 11 is 6.00. The molecule has 0 bridgehead atoms. The van der Waals surface area contributed by atoms with Crippen LogP contribution in [0.4, 0.5) is 10.2 Å². The van der Waals surface area contributed by atoms with Gasteiger partial charge < -0.3 is 9.80 Å². The lowest BCUT2D eigenvalue weighted by Crippen LogP contribution is -2.49. The van der Waals surface area contributed by atoms with Crippen LogP contribution in [0.2, 0.25) is 5.02 Å². The molecular weight excluding hydrogens is 343 g/mol. The number of benzene rings is 1. The van der Waals surface area contributed by atoms with Gasteiger partial charge in [-0.3, -0.25) is 4.79 Å². The Morgan fingerprint density at radius 1 is 1.08 bits per heavy atom. The molecule has 1 aliphatic carbocycles. The molecule has 5 nitrogen and oxygen atoms in total. The van der Waals surface area contributed by atoms with E-state index in [1.54, 1.807) is 4.90 Å². The second kappa shape index (κ2) is 6.59. The molecule has 2 aromatic rings. The summed E-state index contributed by atoms with van der Waals surface area (Å²) in [5, 5.41) is 8.76. The second-order valence-electron chi connectivity index (χ2n) is 6.47. The monoisotopic (exact) mass is 360 g/mol. The summed E-state index contributed by atoms with van der Waals surface area (Å²) in [6, 6.07) is 8.32. The highest BCUT2D eigenvalue weighted by Crippen LogP contribution is 2.38.